The monoisotopic (exact) mass is 487 g/mol. The van der Waals surface area contributed by atoms with Crippen LogP contribution in [0.3, 0.4) is 0 Å². The Kier molecular flexibility index (Phi) is 7.70. The van der Waals surface area contributed by atoms with Gasteiger partial charge in [-0.2, -0.15) is 0 Å². The van der Waals surface area contributed by atoms with Crippen molar-refractivity contribution in [3.63, 3.8) is 0 Å². The van der Waals surface area contributed by atoms with E-state index in [2.05, 4.69) is 10.0 Å². The molecule has 0 saturated carbocycles. The fourth-order valence-corrected chi connectivity index (χ4v) is 4.33. The molecule has 2 amide bonds. The molecule has 0 atom stereocenters. The Hall–Kier alpha value is -3.40. The minimum atomic E-state index is -3.99. The minimum absolute atomic E-state index is 0.0384. The normalized spacial score (nSPS) is 11.1. The summed E-state index contributed by atoms with van der Waals surface area (Å²) in [6.07, 6.45) is 0.0942. The van der Waals surface area contributed by atoms with E-state index in [4.69, 9.17) is 22.1 Å². The molecule has 0 unspecified atom stereocenters. The lowest BCUT2D eigenvalue weighted by Crippen LogP contribution is -2.24. The third kappa shape index (κ3) is 6.55. The second-order valence-electron chi connectivity index (χ2n) is 7.11. The number of anilines is 1. The van der Waals surface area contributed by atoms with Crippen molar-refractivity contribution in [1.29, 1.82) is 0 Å². The number of primary amides is 1. The summed E-state index contributed by atoms with van der Waals surface area (Å²) >= 11 is 5.86. The number of carbonyl (C=O) groups is 2. The zero-order valence-electron chi connectivity index (χ0n) is 17.7. The van der Waals surface area contributed by atoms with Crippen LogP contribution in [0.1, 0.15) is 21.5 Å². The number of halogens is 1. The summed E-state index contributed by atoms with van der Waals surface area (Å²) in [4.78, 5) is 23.6. The Morgan fingerprint density at radius 2 is 1.61 bits per heavy atom. The molecule has 0 spiro atoms. The molecule has 3 aromatic carbocycles. The number of benzene rings is 3. The zero-order valence-corrected chi connectivity index (χ0v) is 19.2. The van der Waals surface area contributed by atoms with Crippen molar-refractivity contribution >= 4 is 39.1 Å². The molecule has 3 rings (SSSR count). The van der Waals surface area contributed by atoms with E-state index in [-0.39, 0.29) is 29.2 Å². The van der Waals surface area contributed by atoms with E-state index in [1.165, 1.54) is 25.3 Å². The first-order valence-corrected chi connectivity index (χ1v) is 11.6. The number of nitrogens with two attached hydrogens (primary N) is 1. The molecule has 0 radical (unpaired) electrons. The average molecular weight is 488 g/mol. The van der Waals surface area contributed by atoms with Gasteiger partial charge < -0.3 is 15.8 Å². The maximum atomic E-state index is 12.9. The summed E-state index contributed by atoms with van der Waals surface area (Å²) in [6.45, 7) is 0.0384. The van der Waals surface area contributed by atoms with Gasteiger partial charge in [0.1, 0.15) is 10.6 Å². The van der Waals surface area contributed by atoms with Gasteiger partial charge >= 0.3 is 0 Å². The quantitative estimate of drug-likeness (QED) is 0.427. The largest absolute Gasteiger partial charge is 0.495 e. The lowest BCUT2D eigenvalue weighted by Gasteiger charge is -2.13. The molecule has 10 heteroatoms. The van der Waals surface area contributed by atoms with Crippen LogP contribution in [0.15, 0.2) is 71.6 Å². The van der Waals surface area contributed by atoms with Crippen molar-refractivity contribution in [1.82, 2.24) is 4.72 Å². The Balaban J connectivity index is 1.78. The summed E-state index contributed by atoms with van der Waals surface area (Å²) in [5.41, 5.74) is 7.21. The second-order valence-corrected chi connectivity index (χ2v) is 9.28. The number of methoxy groups -OCH3 is 1. The zero-order chi connectivity index (χ0) is 24.0. The molecule has 0 saturated heterocycles. The van der Waals surface area contributed by atoms with E-state index in [1.807, 2.05) is 0 Å². The van der Waals surface area contributed by atoms with Crippen LogP contribution in [0.5, 0.6) is 5.75 Å². The molecule has 4 N–H and O–H groups in total. The molecule has 0 aromatic heterocycles. The fraction of sp³-hybridized carbons (Fsp3) is 0.130. The Morgan fingerprint density at radius 1 is 0.970 bits per heavy atom. The summed E-state index contributed by atoms with van der Waals surface area (Å²) < 4.78 is 33.5. The third-order valence-electron chi connectivity index (χ3n) is 4.69. The summed E-state index contributed by atoms with van der Waals surface area (Å²) in [5, 5.41) is 3.24. The highest BCUT2D eigenvalue weighted by atomic mass is 35.5. The number of rotatable bonds is 9. The van der Waals surface area contributed by atoms with Gasteiger partial charge in [0.2, 0.25) is 15.9 Å². The van der Waals surface area contributed by atoms with Crippen LogP contribution in [0.2, 0.25) is 5.02 Å². The van der Waals surface area contributed by atoms with Crippen molar-refractivity contribution in [3.05, 3.63) is 88.4 Å². The number of ether oxygens (including phenoxy) is 1. The van der Waals surface area contributed by atoms with Gasteiger partial charge in [-0.1, -0.05) is 35.9 Å². The molecule has 0 aliphatic carbocycles. The first kappa shape index (κ1) is 24.2. The fourth-order valence-electron chi connectivity index (χ4n) is 3.00. The molecule has 172 valence electrons. The Morgan fingerprint density at radius 3 is 2.21 bits per heavy atom. The predicted molar refractivity (Wildman–Crippen MR) is 126 cm³/mol. The van der Waals surface area contributed by atoms with E-state index in [9.17, 15) is 18.0 Å². The van der Waals surface area contributed by atoms with Crippen molar-refractivity contribution < 1.29 is 22.7 Å². The van der Waals surface area contributed by atoms with Crippen LogP contribution in [0.4, 0.5) is 5.69 Å². The van der Waals surface area contributed by atoms with E-state index in [1.54, 1.807) is 48.5 Å². The number of hydrogen-bond donors (Lipinski definition) is 3. The van der Waals surface area contributed by atoms with Crippen molar-refractivity contribution in [2.45, 2.75) is 17.9 Å². The highest BCUT2D eigenvalue weighted by molar-refractivity contribution is 7.89. The standard InChI is InChI=1S/C23H22ClN3O5S/c1-32-20-11-6-17(23(29)27-19-9-4-15(5-10-19)12-22(25)28)13-21(20)33(30,31)26-14-16-2-7-18(24)8-3-16/h2-11,13,26H,12,14H2,1H3,(H2,25,28)(H,27,29). The van der Waals surface area contributed by atoms with Gasteiger partial charge in [-0.05, 0) is 53.6 Å². The number of nitrogens with one attached hydrogen (secondary N) is 2. The van der Waals surface area contributed by atoms with Crippen molar-refractivity contribution in [2.24, 2.45) is 5.73 Å². The molecular weight excluding hydrogens is 466 g/mol. The van der Waals surface area contributed by atoms with Gasteiger partial charge in [0.15, 0.2) is 0 Å². The van der Waals surface area contributed by atoms with Crippen LogP contribution in [0.25, 0.3) is 0 Å². The van der Waals surface area contributed by atoms with Gasteiger partial charge in [0, 0.05) is 22.8 Å². The lowest BCUT2D eigenvalue weighted by molar-refractivity contribution is -0.117. The molecule has 0 fully saturated rings. The second kappa shape index (κ2) is 10.5. The molecule has 8 nitrogen and oxygen atoms in total. The van der Waals surface area contributed by atoms with E-state index < -0.39 is 21.8 Å². The van der Waals surface area contributed by atoms with Crippen LogP contribution in [-0.4, -0.2) is 27.3 Å². The summed E-state index contributed by atoms with van der Waals surface area (Å²) in [5.74, 6) is -0.858. The van der Waals surface area contributed by atoms with Crippen molar-refractivity contribution in [3.8, 4) is 5.75 Å². The molecule has 3 aromatic rings. The van der Waals surface area contributed by atoms with Gasteiger partial charge in [0.25, 0.3) is 5.91 Å². The van der Waals surface area contributed by atoms with E-state index in [0.29, 0.717) is 16.3 Å². The number of hydrogen-bond acceptors (Lipinski definition) is 5. The van der Waals surface area contributed by atoms with Gasteiger partial charge in [-0.25, -0.2) is 13.1 Å². The molecule has 0 heterocycles. The topological polar surface area (TPSA) is 128 Å². The number of amides is 2. The summed E-state index contributed by atoms with van der Waals surface area (Å²) in [7, 11) is -2.64. The minimum Gasteiger partial charge on any atom is -0.495 e. The van der Waals surface area contributed by atoms with Gasteiger partial charge in [-0.15, -0.1) is 0 Å². The molecule has 0 aliphatic heterocycles. The van der Waals surface area contributed by atoms with E-state index >= 15 is 0 Å². The first-order chi connectivity index (χ1) is 15.7. The summed E-state index contributed by atoms with van der Waals surface area (Å²) in [6, 6.07) is 17.5. The Bertz CT molecular complexity index is 1260. The molecular formula is C23H22ClN3O5S. The number of sulfonamides is 1. The average Bonchev–Trinajstić information content (AvgIpc) is 2.79. The van der Waals surface area contributed by atoms with Gasteiger partial charge in [-0.3, -0.25) is 9.59 Å². The van der Waals surface area contributed by atoms with Gasteiger partial charge in [0.05, 0.1) is 13.5 Å². The first-order valence-electron chi connectivity index (χ1n) is 9.78. The molecule has 0 aliphatic rings. The molecule has 33 heavy (non-hydrogen) atoms. The molecule has 0 bridgehead atoms. The third-order valence-corrected chi connectivity index (χ3v) is 6.36. The maximum absolute atomic E-state index is 12.9. The number of carbonyl (C=O) groups excluding carboxylic acids is 2. The highest BCUT2D eigenvalue weighted by Gasteiger charge is 2.22. The van der Waals surface area contributed by atoms with Crippen LogP contribution >= 0.6 is 11.6 Å². The van der Waals surface area contributed by atoms with Crippen LogP contribution in [0, 0.1) is 0 Å². The highest BCUT2D eigenvalue weighted by Crippen LogP contribution is 2.26. The maximum Gasteiger partial charge on any atom is 0.255 e. The Labute approximate surface area is 196 Å². The predicted octanol–water partition coefficient (Wildman–Crippen LogP) is 3.11. The lowest BCUT2D eigenvalue weighted by atomic mass is 10.1. The van der Waals surface area contributed by atoms with Crippen molar-refractivity contribution in [2.75, 3.05) is 12.4 Å². The van der Waals surface area contributed by atoms with Crippen LogP contribution < -0.4 is 20.5 Å². The smallest absolute Gasteiger partial charge is 0.255 e. The van der Waals surface area contributed by atoms with E-state index in [0.717, 1.165) is 5.56 Å². The van der Waals surface area contributed by atoms with Crippen LogP contribution in [-0.2, 0) is 27.8 Å². The SMILES string of the molecule is COc1ccc(C(=O)Nc2ccc(CC(N)=O)cc2)cc1S(=O)(=O)NCc1ccc(Cl)cc1.